The predicted octanol–water partition coefficient (Wildman–Crippen LogP) is 4.49. The number of hydrogen-bond donors (Lipinski definition) is 1. The van der Waals surface area contributed by atoms with Crippen LogP contribution in [0.5, 0.6) is 0 Å². The van der Waals surface area contributed by atoms with Gasteiger partial charge < -0.3 is 10.1 Å². The zero-order valence-electron chi connectivity index (χ0n) is 15.1. The number of rotatable bonds is 5. The third-order valence-electron chi connectivity index (χ3n) is 3.90. The molecule has 0 saturated heterocycles. The van der Waals surface area contributed by atoms with Gasteiger partial charge in [0.2, 0.25) is 5.91 Å². The molecule has 0 radical (unpaired) electrons. The Hall–Kier alpha value is -2.91. The van der Waals surface area contributed by atoms with E-state index in [0.29, 0.717) is 21.4 Å². The number of nitriles is 1. The van der Waals surface area contributed by atoms with E-state index >= 15 is 0 Å². The molecular formula is C20H20N2O3S. The van der Waals surface area contributed by atoms with Crippen LogP contribution in [-0.4, -0.2) is 19.0 Å². The molecule has 0 saturated carbocycles. The van der Waals surface area contributed by atoms with Crippen LogP contribution in [0.1, 0.15) is 51.7 Å². The van der Waals surface area contributed by atoms with Crippen LogP contribution in [-0.2, 0) is 9.53 Å². The van der Waals surface area contributed by atoms with Crippen LogP contribution in [0.2, 0.25) is 0 Å². The van der Waals surface area contributed by atoms with Crippen molar-refractivity contribution in [3.8, 4) is 6.07 Å². The summed E-state index contributed by atoms with van der Waals surface area (Å²) in [5.74, 6) is -0.441. The molecular weight excluding hydrogens is 348 g/mol. The molecule has 6 heteroatoms. The lowest BCUT2D eigenvalue weighted by Gasteiger charge is -2.04. The van der Waals surface area contributed by atoms with E-state index in [-0.39, 0.29) is 11.5 Å². The average Bonchev–Trinajstić information content (AvgIpc) is 2.94. The number of nitrogens with zero attached hydrogens (tertiary/aromatic N) is 1. The second-order valence-electron chi connectivity index (χ2n) is 6.01. The zero-order valence-corrected chi connectivity index (χ0v) is 15.9. The maximum atomic E-state index is 12.2. The SMILES string of the molecule is COC(=O)c1sc(NC(=O)C=Cc2ccc(C(C)C)cc2)c(C#N)c1C. The minimum atomic E-state index is -0.523. The minimum absolute atomic E-state index is 0.276. The fourth-order valence-electron chi connectivity index (χ4n) is 2.34. The lowest BCUT2D eigenvalue weighted by molar-refractivity contribution is -0.111. The van der Waals surface area contributed by atoms with Gasteiger partial charge in [-0.3, -0.25) is 4.79 Å². The summed E-state index contributed by atoms with van der Waals surface area (Å²) in [5, 5.41) is 12.3. The van der Waals surface area contributed by atoms with Gasteiger partial charge in [-0.05, 0) is 35.6 Å². The Morgan fingerprint density at radius 2 is 1.92 bits per heavy atom. The van der Waals surface area contributed by atoms with Crippen LogP contribution in [0.15, 0.2) is 30.3 Å². The molecule has 134 valence electrons. The van der Waals surface area contributed by atoms with Crippen molar-refractivity contribution in [3.63, 3.8) is 0 Å². The van der Waals surface area contributed by atoms with Gasteiger partial charge in [-0.2, -0.15) is 5.26 Å². The lowest BCUT2D eigenvalue weighted by Crippen LogP contribution is -2.07. The van der Waals surface area contributed by atoms with E-state index in [9.17, 15) is 14.9 Å². The predicted molar refractivity (Wildman–Crippen MR) is 103 cm³/mol. The van der Waals surface area contributed by atoms with E-state index in [1.807, 2.05) is 30.3 Å². The topological polar surface area (TPSA) is 79.2 Å². The number of esters is 1. The van der Waals surface area contributed by atoms with Gasteiger partial charge in [0, 0.05) is 6.08 Å². The number of methoxy groups -OCH3 is 1. The third kappa shape index (κ3) is 4.38. The molecule has 0 aliphatic rings. The summed E-state index contributed by atoms with van der Waals surface area (Å²) in [6, 6.07) is 9.98. The van der Waals surface area contributed by atoms with E-state index in [2.05, 4.69) is 19.2 Å². The van der Waals surface area contributed by atoms with Crippen molar-refractivity contribution in [3.05, 3.63) is 57.5 Å². The monoisotopic (exact) mass is 368 g/mol. The van der Waals surface area contributed by atoms with Gasteiger partial charge in [0.25, 0.3) is 0 Å². The fraction of sp³-hybridized carbons (Fsp3) is 0.250. The molecule has 26 heavy (non-hydrogen) atoms. The van der Waals surface area contributed by atoms with Gasteiger partial charge in [0.15, 0.2) is 0 Å². The fourth-order valence-corrected chi connectivity index (χ4v) is 3.42. The van der Waals surface area contributed by atoms with Crippen molar-refractivity contribution in [2.45, 2.75) is 26.7 Å². The minimum Gasteiger partial charge on any atom is -0.465 e. The molecule has 0 unspecified atom stereocenters. The molecule has 0 spiro atoms. The highest BCUT2D eigenvalue weighted by atomic mass is 32.1. The van der Waals surface area contributed by atoms with Gasteiger partial charge in [0.05, 0.1) is 12.7 Å². The first-order chi connectivity index (χ1) is 12.4. The molecule has 0 atom stereocenters. The summed E-state index contributed by atoms with van der Waals surface area (Å²) in [7, 11) is 1.28. The highest BCUT2D eigenvalue weighted by Gasteiger charge is 2.21. The molecule has 0 bridgehead atoms. The lowest BCUT2D eigenvalue weighted by atomic mass is 10.0. The van der Waals surface area contributed by atoms with Crippen LogP contribution < -0.4 is 5.32 Å². The molecule has 2 aromatic rings. The second-order valence-corrected chi connectivity index (χ2v) is 7.03. The number of hydrogen-bond acceptors (Lipinski definition) is 5. The maximum absolute atomic E-state index is 12.2. The van der Waals surface area contributed by atoms with Crippen molar-refractivity contribution in [1.82, 2.24) is 0 Å². The number of nitrogens with one attached hydrogen (secondary N) is 1. The Morgan fingerprint density at radius 1 is 1.27 bits per heavy atom. The van der Waals surface area contributed by atoms with Crippen molar-refractivity contribution < 1.29 is 14.3 Å². The molecule has 0 fully saturated rings. The van der Waals surface area contributed by atoms with E-state index in [1.165, 1.54) is 18.7 Å². The molecule has 1 aromatic carbocycles. The van der Waals surface area contributed by atoms with Crippen molar-refractivity contribution >= 4 is 34.3 Å². The number of benzene rings is 1. The highest BCUT2D eigenvalue weighted by Crippen LogP contribution is 2.32. The van der Waals surface area contributed by atoms with Gasteiger partial charge >= 0.3 is 5.97 Å². The van der Waals surface area contributed by atoms with E-state index < -0.39 is 5.97 Å². The normalized spacial score (nSPS) is 10.8. The Kier molecular flexibility index (Phi) is 6.31. The van der Waals surface area contributed by atoms with Gasteiger partial charge in [-0.25, -0.2) is 4.79 Å². The van der Waals surface area contributed by atoms with Crippen LogP contribution in [0.3, 0.4) is 0 Å². The molecule has 0 aliphatic carbocycles. The van der Waals surface area contributed by atoms with E-state index in [0.717, 1.165) is 16.9 Å². The summed E-state index contributed by atoms with van der Waals surface area (Å²) in [4.78, 5) is 24.2. The molecule has 0 aliphatic heterocycles. The number of carbonyl (C=O) groups excluding carboxylic acids is 2. The van der Waals surface area contributed by atoms with Gasteiger partial charge in [0.1, 0.15) is 15.9 Å². The number of amides is 1. The summed E-state index contributed by atoms with van der Waals surface area (Å²) in [6.45, 7) is 5.90. The molecule has 1 N–H and O–H groups in total. The molecule has 1 heterocycles. The second kappa shape index (κ2) is 8.45. The van der Waals surface area contributed by atoms with E-state index in [1.54, 1.807) is 13.0 Å². The standard InChI is InChI=1S/C20H20N2O3S/c1-12(2)15-8-5-14(6-9-15)7-10-17(23)22-19-16(11-21)13(3)18(26-19)20(24)25-4/h5-10,12H,1-4H3,(H,22,23). The van der Waals surface area contributed by atoms with E-state index in [4.69, 9.17) is 4.74 Å². The average molecular weight is 368 g/mol. The maximum Gasteiger partial charge on any atom is 0.348 e. The summed E-state index contributed by atoms with van der Waals surface area (Å²) in [6.07, 6.45) is 3.10. The summed E-state index contributed by atoms with van der Waals surface area (Å²) >= 11 is 1.04. The first-order valence-electron chi connectivity index (χ1n) is 8.08. The smallest absolute Gasteiger partial charge is 0.348 e. The first kappa shape index (κ1) is 19.4. The Morgan fingerprint density at radius 3 is 2.46 bits per heavy atom. The molecule has 1 amide bonds. The third-order valence-corrected chi connectivity index (χ3v) is 5.08. The molecule has 2 rings (SSSR count). The zero-order chi connectivity index (χ0) is 19.3. The van der Waals surface area contributed by atoms with Gasteiger partial charge in [-0.15, -0.1) is 11.3 Å². The Balaban J connectivity index is 2.15. The molecule has 5 nitrogen and oxygen atoms in total. The van der Waals surface area contributed by atoms with Crippen molar-refractivity contribution in [1.29, 1.82) is 5.26 Å². The van der Waals surface area contributed by atoms with Gasteiger partial charge in [-0.1, -0.05) is 38.1 Å². The summed E-state index contributed by atoms with van der Waals surface area (Å²) < 4.78 is 4.70. The number of ether oxygens (including phenoxy) is 1. The number of carbonyl (C=O) groups is 2. The number of anilines is 1. The van der Waals surface area contributed by atoms with Crippen LogP contribution in [0.4, 0.5) is 5.00 Å². The van der Waals surface area contributed by atoms with Crippen molar-refractivity contribution in [2.75, 3.05) is 12.4 Å². The largest absolute Gasteiger partial charge is 0.465 e. The highest BCUT2D eigenvalue weighted by molar-refractivity contribution is 7.18. The quantitative estimate of drug-likeness (QED) is 0.623. The molecule has 1 aromatic heterocycles. The van der Waals surface area contributed by atoms with Crippen LogP contribution >= 0.6 is 11.3 Å². The Labute approximate surface area is 156 Å². The first-order valence-corrected chi connectivity index (χ1v) is 8.89. The van der Waals surface area contributed by atoms with Crippen LogP contribution in [0.25, 0.3) is 6.08 Å². The van der Waals surface area contributed by atoms with Crippen LogP contribution in [0, 0.1) is 18.3 Å². The number of thiophene rings is 1. The summed E-state index contributed by atoms with van der Waals surface area (Å²) in [5.41, 5.74) is 2.92. The van der Waals surface area contributed by atoms with Crippen molar-refractivity contribution in [2.24, 2.45) is 0 Å². The Bertz CT molecular complexity index is 887.